The van der Waals surface area contributed by atoms with Gasteiger partial charge in [0.2, 0.25) is 5.91 Å². The molecule has 5 nitrogen and oxygen atoms in total. The van der Waals surface area contributed by atoms with Crippen LogP contribution in [-0.4, -0.2) is 42.9 Å². The lowest BCUT2D eigenvalue weighted by molar-refractivity contribution is -0.134. The Morgan fingerprint density at radius 1 is 0.929 bits per heavy atom. The van der Waals surface area contributed by atoms with Crippen LogP contribution in [0.2, 0.25) is 10.0 Å². The summed E-state index contributed by atoms with van der Waals surface area (Å²) in [4.78, 5) is 28.9. The Bertz CT molecular complexity index is 878. The number of piperazine rings is 1. The van der Waals surface area contributed by atoms with E-state index in [0.29, 0.717) is 47.5 Å². The predicted molar refractivity (Wildman–Crippen MR) is 114 cm³/mol. The summed E-state index contributed by atoms with van der Waals surface area (Å²) in [6.45, 7) is 6.37. The van der Waals surface area contributed by atoms with Crippen LogP contribution in [0.3, 0.4) is 0 Å². The van der Waals surface area contributed by atoms with Gasteiger partial charge < -0.3 is 15.1 Å². The van der Waals surface area contributed by atoms with Gasteiger partial charge in [0.15, 0.2) is 0 Å². The fourth-order valence-electron chi connectivity index (χ4n) is 3.29. The molecule has 2 amide bonds. The second kappa shape index (κ2) is 8.84. The quantitative estimate of drug-likeness (QED) is 0.790. The van der Waals surface area contributed by atoms with Crippen LogP contribution in [0.4, 0.5) is 11.4 Å². The second-order valence-corrected chi connectivity index (χ2v) is 7.85. The standard InChI is InChI=1S/C21H23Cl2N3O2/c1-14(2)21(28)26-12-10-25(11-13-26)19-17(23)8-5-9-18(19)24-20(27)15-6-3-4-7-16(15)22/h3-9,14H,10-13H2,1-2H3,(H,24,27). The molecule has 0 saturated carbocycles. The molecule has 2 aromatic rings. The number of carbonyl (C=O) groups is 2. The number of halogens is 2. The van der Waals surface area contributed by atoms with Crippen LogP contribution in [-0.2, 0) is 4.79 Å². The molecule has 0 bridgehead atoms. The van der Waals surface area contributed by atoms with E-state index >= 15 is 0 Å². The number of amides is 2. The van der Waals surface area contributed by atoms with Crippen molar-refractivity contribution in [3.05, 3.63) is 58.1 Å². The Morgan fingerprint density at radius 3 is 2.21 bits per heavy atom. The van der Waals surface area contributed by atoms with Crippen molar-refractivity contribution in [2.45, 2.75) is 13.8 Å². The van der Waals surface area contributed by atoms with Gasteiger partial charge in [0.1, 0.15) is 0 Å². The molecule has 148 valence electrons. The maximum Gasteiger partial charge on any atom is 0.257 e. The first-order chi connectivity index (χ1) is 13.4. The van der Waals surface area contributed by atoms with E-state index in [0.717, 1.165) is 5.69 Å². The summed E-state index contributed by atoms with van der Waals surface area (Å²) < 4.78 is 0. The number of nitrogens with zero attached hydrogens (tertiary/aromatic N) is 2. The molecule has 0 spiro atoms. The summed E-state index contributed by atoms with van der Waals surface area (Å²) >= 11 is 12.6. The normalized spacial score (nSPS) is 14.3. The molecule has 2 aromatic carbocycles. The number of carbonyl (C=O) groups excluding carboxylic acids is 2. The molecular formula is C21H23Cl2N3O2. The lowest BCUT2D eigenvalue weighted by Crippen LogP contribution is -2.50. The van der Waals surface area contributed by atoms with E-state index in [1.807, 2.05) is 24.8 Å². The van der Waals surface area contributed by atoms with Gasteiger partial charge in [-0.05, 0) is 24.3 Å². The smallest absolute Gasteiger partial charge is 0.257 e. The SMILES string of the molecule is CC(C)C(=O)N1CCN(c2c(Cl)cccc2NC(=O)c2ccccc2Cl)CC1. The Morgan fingerprint density at radius 2 is 1.57 bits per heavy atom. The molecule has 0 aromatic heterocycles. The van der Waals surface area contributed by atoms with E-state index in [1.165, 1.54) is 0 Å². The third kappa shape index (κ3) is 4.42. The molecule has 0 radical (unpaired) electrons. The highest BCUT2D eigenvalue weighted by Gasteiger charge is 2.26. The molecule has 1 saturated heterocycles. The zero-order valence-corrected chi connectivity index (χ0v) is 17.4. The molecular weight excluding hydrogens is 397 g/mol. The fraction of sp³-hybridized carbons (Fsp3) is 0.333. The van der Waals surface area contributed by atoms with Gasteiger partial charge in [0.25, 0.3) is 5.91 Å². The average Bonchev–Trinajstić information content (AvgIpc) is 2.68. The summed E-state index contributed by atoms with van der Waals surface area (Å²) in [5.74, 6) is -0.147. The topological polar surface area (TPSA) is 52.7 Å². The molecule has 7 heteroatoms. The minimum Gasteiger partial charge on any atom is -0.365 e. The van der Waals surface area contributed by atoms with E-state index in [1.54, 1.807) is 36.4 Å². The van der Waals surface area contributed by atoms with Gasteiger partial charge >= 0.3 is 0 Å². The predicted octanol–water partition coefficient (Wildman–Crippen LogP) is 4.55. The zero-order chi connectivity index (χ0) is 20.3. The molecule has 0 aliphatic carbocycles. The van der Waals surface area contributed by atoms with Crippen molar-refractivity contribution in [2.75, 3.05) is 36.4 Å². The summed E-state index contributed by atoms with van der Waals surface area (Å²) in [5.41, 5.74) is 1.80. The highest BCUT2D eigenvalue weighted by atomic mass is 35.5. The zero-order valence-electron chi connectivity index (χ0n) is 15.9. The van der Waals surface area contributed by atoms with Crippen LogP contribution in [0.15, 0.2) is 42.5 Å². The Balaban J connectivity index is 1.79. The molecule has 1 aliphatic rings. The first-order valence-corrected chi connectivity index (χ1v) is 10.0. The van der Waals surface area contributed by atoms with Crippen molar-refractivity contribution in [1.29, 1.82) is 0 Å². The van der Waals surface area contributed by atoms with Crippen LogP contribution in [0.1, 0.15) is 24.2 Å². The molecule has 1 heterocycles. The average molecular weight is 420 g/mol. The number of nitrogens with one attached hydrogen (secondary N) is 1. The van der Waals surface area contributed by atoms with Crippen molar-refractivity contribution in [1.82, 2.24) is 4.90 Å². The van der Waals surface area contributed by atoms with Gasteiger partial charge in [0, 0.05) is 32.1 Å². The number of anilines is 2. The van der Waals surface area contributed by atoms with Gasteiger partial charge in [0.05, 0.1) is 27.0 Å². The Labute approximate surface area is 175 Å². The fourth-order valence-corrected chi connectivity index (χ4v) is 3.80. The van der Waals surface area contributed by atoms with Crippen LogP contribution in [0.5, 0.6) is 0 Å². The van der Waals surface area contributed by atoms with E-state index < -0.39 is 0 Å². The number of hydrogen-bond donors (Lipinski definition) is 1. The van der Waals surface area contributed by atoms with Gasteiger partial charge in [-0.15, -0.1) is 0 Å². The lowest BCUT2D eigenvalue weighted by Gasteiger charge is -2.38. The van der Waals surface area contributed by atoms with E-state index in [4.69, 9.17) is 23.2 Å². The van der Waals surface area contributed by atoms with Crippen LogP contribution < -0.4 is 10.2 Å². The molecule has 1 aliphatic heterocycles. The Hall–Kier alpha value is -2.24. The first-order valence-electron chi connectivity index (χ1n) is 9.26. The van der Waals surface area contributed by atoms with Gasteiger partial charge in [-0.25, -0.2) is 0 Å². The summed E-state index contributed by atoms with van der Waals surface area (Å²) in [6.07, 6.45) is 0. The molecule has 0 unspecified atom stereocenters. The second-order valence-electron chi connectivity index (χ2n) is 7.04. The maximum absolute atomic E-state index is 12.7. The molecule has 1 N–H and O–H groups in total. The van der Waals surface area contributed by atoms with Crippen molar-refractivity contribution in [3.63, 3.8) is 0 Å². The van der Waals surface area contributed by atoms with Crippen molar-refractivity contribution >= 4 is 46.4 Å². The summed E-state index contributed by atoms with van der Waals surface area (Å²) in [7, 11) is 0. The van der Waals surface area contributed by atoms with Crippen LogP contribution in [0.25, 0.3) is 0 Å². The minimum atomic E-state index is -0.289. The minimum absolute atomic E-state index is 0.0164. The van der Waals surface area contributed by atoms with E-state index in [9.17, 15) is 9.59 Å². The largest absolute Gasteiger partial charge is 0.365 e. The van der Waals surface area contributed by atoms with Crippen LogP contribution >= 0.6 is 23.2 Å². The summed E-state index contributed by atoms with van der Waals surface area (Å²) in [5, 5.41) is 3.88. The molecule has 1 fully saturated rings. The monoisotopic (exact) mass is 419 g/mol. The van der Waals surface area contributed by atoms with Gasteiger partial charge in [-0.1, -0.05) is 55.2 Å². The van der Waals surface area contributed by atoms with Crippen LogP contribution in [0, 0.1) is 5.92 Å². The maximum atomic E-state index is 12.7. The van der Waals surface area contributed by atoms with Crippen molar-refractivity contribution < 1.29 is 9.59 Å². The highest BCUT2D eigenvalue weighted by molar-refractivity contribution is 6.35. The molecule has 3 rings (SSSR count). The molecule has 0 atom stereocenters. The third-order valence-electron chi connectivity index (χ3n) is 4.75. The van der Waals surface area contributed by atoms with E-state index in [-0.39, 0.29) is 17.7 Å². The van der Waals surface area contributed by atoms with Crippen molar-refractivity contribution in [3.8, 4) is 0 Å². The lowest BCUT2D eigenvalue weighted by atomic mass is 10.1. The van der Waals surface area contributed by atoms with Gasteiger partial charge in [-0.2, -0.15) is 0 Å². The summed E-state index contributed by atoms with van der Waals surface area (Å²) in [6, 6.07) is 12.3. The number of para-hydroxylation sites is 1. The van der Waals surface area contributed by atoms with Gasteiger partial charge in [-0.3, -0.25) is 9.59 Å². The highest BCUT2D eigenvalue weighted by Crippen LogP contribution is 2.35. The number of hydrogen-bond acceptors (Lipinski definition) is 3. The van der Waals surface area contributed by atoms with Crippen molar-refractivity contribution in [2.24, 2.45) is 5.92 Å². The Kier molecular flexibility index (Phi) is 6.47. The third-order valence-corrected chi connectivity index (χ3v) is 5.39. The molecule has 28 heavy (non-hydrogen) atoms. The van der Waals surface area contributed by atoms with E-state index in [2.05, 4.69) is 10.2 Å². The first kappa shape index (κ1) is 20.5. The number of benzene rings is 2. The number of rotatable bonds is 4.